The molecule has 0 amide bonds. The average Bonchev–Trinajstić information content (AvgIpc) is 3.15. The zero-order valence-electron chi connectivity index (χ0n) is 11.9. The summed E-state index contributed by atoms with van der Waals surface area (Å²) in [7, 11) is 0. The summed E-state index contributed by atoms with van der Waals surface area (Å²) in [4.78, 5) is 12.7. The lowest BCUT2D eigenvalue weighted by atomic mass is 10.2. The van der Waals surface area contributed by atoms with Crippen LogP contribution in [0.5, 0.6) is 0 Å². The molecule has 0 atom stereocenters. The molecule has 0 saturated carbocycles. The van der Waals surface area contributed by atoms with Gasteiger partial charge in [0.2, 0.25) is 0 Å². The number of thiophene rings is 1. The van der Waals surface area contributed by atoms with Crippen LogP contribution in [0.3, 0.4) is 0 Å². The number of benzene rings is 1. The Morgan fingerprint density at radius 3 is 2.68 bits per heavy atom. The zero-order chi connectivity index (χ0) is 15.5. The maximum absolute atomic E-state index is 12.0. The Hall–Kier alpha value is -2.17. The van der Waals surface area contributed by atoms with Gasteiger partial charge in [0.15, 0.2) is 5.78 Å². The summed E-state index contributed by atoms with van der Waals surface area (Å²) >= 11 is 7.84. The lowest BCUT2D eigenvalue weighted by molar-refractivity contribution is 0.105. The van der Waals surface area contributed by atoms with Crippen molar-refractivity contribution in [1.29, 1.82) is 0 Å². The molecule has 110 valence electrons. The van der Waals surface area contributed by atoms with Gasteiger partial charge in [-0.05, 0) is 42.7 Å². The molecule has 0 bridgehead atoms. The molecule has 22 heavy (non-hydrogen) atoms. The minimum absolute atomic E-state index is 0.0297. The Balaban J connectivity index is 1.92. The number of aromatic nitrogens is 2. The van der Waals surface area contributed by atoms with Gasteiger partial charge >= 0.3 is 0 Å². The molecule has 0 aliphatic carbocycles. The maximum atomic E-state index is 12.0. The predicted molar refractivity (Wildman–Crippen MR) is 91.0 cm³/mol. The topological polar surface area (TPSA) is 34.9 Å². The van der Waals surface area contributed by atoms with Gasteiger partial charge in [-0.25, -0.2) is 4.68 Å². The molecular formula is C17H13ClN2OS. The second kappa shape index (κ2) is 6.30. The second-order valence-corrected chi connectivity index (χ2v) is 6.02. The number of aryl methyl sites for hydroxylation is 1. The minimum atomic E-state index is -0.0297. The minimum Gasteiger partial charge on any atom is -0.288 e. The quantitative estimate of drug-likeness (QED) is 0.509. The highest BCUT2D eigenvalue weighted by Crippen LogP contribution is 2.25. The third-order valence-electron chi connectivity index (χ3n) is 3.21. The summed E-state index contributed by atoms with van der Waals surface area (Å²) in [5.74, 6) is -0.0297. The van der Waals surface area contributed by atoms with Crippen LogP contribution in [-0.2, 0) is 0 Å². The Labute approximate surface area is 137 Å². The normalized spacial score (nSPS) is 11.2. The van der Waals surface area contributed by atoms with E-state index in [4.69, 9.17) is 11.6 Å². The van der Waals surface area contributed by atoms with Crippen LogP contribution in [0.2, 0.25) is 5.15 Å². The highest BCUT2D eigenvalue weighted by molar-refractivity contribution is 7.12. The third-order valence-corrected chi connectivity index (χ3v) is 4.46. The number of ketones is 1. The van der Waals surface area contributed by atoms with Gasteiger partial charge in [-0.1, -0.05) is 35.9 Å². The predicted octanol–water partition coefficient (Wildman–Crippen LogP) is 4.79. The van der Waals surface area contributed by atoms with Gasteiger partial charge in [-0.15, -0.1) is 11.3 Å². The maximum Gasteiger partial charge on any atom is 0.195 e. The van der Waals surface area contributed by atoms with Crippen molar-refractivity contribution in [2.75, 3.05) is 0 Å². The van der Waals surface area contributed by atoms with Gasteiger partial charge in [-0.3, -0.25) is 4.79 Å². The highest BCUT2D eigenvalue weighted by Gasteiger charge is 2.13. The summed E-state index contributed by atoms with van der Waals surface area (Å²) in [6, 6.07) is 13.3. The van der Waals surface area contributed by atoms with Crippen molar-refractivity contribution < 1.29 is 4.79 Å². The van der Waals surface area contributed by atoms with E-state index in [-0.39, 0.29) is 5.78 Å². The van der Waals surface area contributed by atoms with E-state index in [1.807, 2.05) is 48.7 Å². The summed E-state index contributed by atoms with van der Waals surface area (Å²) in [6.45, 7) is 1.88. The number of hydrogen-bond acceptors (Lipinski definition) is 3. The standard InChI is InChI=1S/C17H13ClN2OS/c1-12-14(9-10-15(21)16-8-5-11-22-16)17(18)20(19-12)13-6-3-2-4-7-13/h2-11H,1H3. The number of carbonyl (C=O) groups excluding carboxylic acids is 1. The number of allylic oxidation sites excluding steroid dienone is 1. The third kappa shape index (κ3) is 2.89. The lowest BCUT2D eigenvalue weighted by Gasteiger charge is -2.01. The van der Waals surface area contributed by atoms with Gasteiger partial charge in [0.1, 0.15) is 5.15 Å². The van der Waals surface area contributed by atoms with Gasteiger partial charge < -0.3 is 0 Å². The monoisotopic (exact) mass is 328 g/mol. The first-order valence-corrected chi connectivity index (χ1v) is 7.99. The largest absolute Gasteiger partial charge is 0.288 e. The van der Waals surface area contributed by atoms with E-state index >= 15 is 0 Å². The smallest absolute Gasteiger partial charge is 0.195 e. The molecule has 0 N–H and O–H groups in total. The number of carbonyl (C=O) groups is 1. The molecule has 2 heterocycles. The Morgan fingerprint density at radius 2 is 2.00 bits per heavy atom. The molecule has 1 aromatic carbocycles. The number of para-hydroxylation sites is 1. The molecule has 3 aromatic rings. The van der Waals surface area contributed by atoms with E-state index in [0.29, 0.717) is 10.0 Å². The first-order valence-electron chi connectivity index (χ1n) is 6.73. The van der Waals surface area contributed by atoms with Crippen LogP contribution >= 0.6 is 22.9 Å². The fraction of sp³-hybridized carbons (Fsp3) is 0.0588. The van der Waals surface area contributed by atoms with Crippen LogP contribution in [0.25, 0.3) is 11.8 Å². The molecule has 3 nitrogen and oxygen atoms in total. The van der Waals surface area contributed by atoms with Gasteiger partial charge in [0.25, 0.3) is 0 Å². The van der Waals surface area contributed by atoms with Crippen LogP contribution in [-0.4, -0.2) is 15.6 Å². The van der Waals surface area contributed by atoms with Crippen LogP contribution in [0.1, 0.15) is 20.9 Å². The van der Waals surface area contributed by atoms with Crippen LogP contribution in [0, 0.1) is 6.92 Å². The molecule has 5 heteroatoms. The van der Waals surface area contributed by atoms with E-state index in [0.717, 1.165) is 16.9 Å². The van der Waals surface area contributed by atoms with Crippen molar-refractivity contribution in [3.63, 3.8) is 0 Å². The molecule has 2 aromatic heterocycles. The van der Waals surface area contributed by atoms with E-state index in [1.54, 1.807) is 16.8 Å². The van der Waals surface area contributed by atoms with Crippen molar-refractivity contribution in [3.8, 4) is 5.69 Å². The summed E-state index contributed by atoms with van der Waals surface area (Å²) in [5.41, 5.74) is 2.43. The second-order valence-electron chi connectivity index (χ2n) is 4.71. The van der Waals surface area contributed by atoms with Gasteiger partial charge in [0.05, 0.1) is 16.3 Å². The van der Waals surface area contributed by atoms with Crippen molar-refractivity contribution in [3.05, 3.63) is 75.2 Å². The van der Waals surface area contributed by atoms with Crippen molar-refractivity contribution in [2.45, 2.75) is 6.92 Å². The summed E-state index contributed by atoms with van der Waals surface area (Å²) in [6.07, 6.45) is 3.27. The van der Waals surface area contributed by atoms with E-state index in [1.165, 1.54) is 17.4 Å². The Bertz CT molecular complexity index is 820. The molecule has 0 aliphatic heterocycles. The molecule has 0 spiro atoms. The summed E-state index contributed by atoms with van der Waals surface area (Å²) < 4.78 is 1.67. The van der Waals surface area contributed by atoms with E-state index < -0.39 is 0 Å². The number of hydrogen-bond donors (Lipinski definition) is 0. The average molecular weight is 329 g/mol. The number of halogens is 1. The highest BCUT2D eigenvalue weighted by atomic mass is 35.5. The van der Waals surface area contributed by atoms with Gasteiger partial charge in [-0.2, -0.15) is 5.10 Å². The first-order chi connectivity index (χ1) is 10.7. The van der Waals surface area contributed by atoms with Crippen LogP contribution in [0.4, 0.5) is 0 Å². The fourth-order valence-corrected chi connectivity index (χ4v) is 3.08. The van der Waals surface area contributed by atoms with Crippen LogP contribution in [0.15, 0.2) is 53.9 Å². The van der Waals surface area contributed by atoms with E-state index in [9.17, 15) is 4.79 Å². The fourth-order valence-electron chi connectivity index (χ4n) is 2.10. The number of rotatable bonds is 4. The molecule has 0 saturated heterocycles. The molecule has 0 radical (unpaired) electrons. The molecule has 0 fully saturated rings. The molecule has 0 aliphatic rings. The lowest BCUT2D eigenvalue weighted by Crippen LogP contribution is -1.95. The van der Waals surface area contributed by atoms with Gasteiger partial charge in [0, 0.05) is 5.56 Å². The molecule has 0 unspecified atom stereocenters. The Kier molecular flexibility index (Phi) is 4.22. The number of nitrogens with zero attached hydrogens (tertiary/aromatic N) is 2. The SMILES string of the molecule is Cc1nn(-c2ccccc2)c(Cl)c1C=CC(=O)c1cccs1. The van der Waals surface area contributed by atoms with Crippen molar-refractivity contribution in [2.24, 2.45) is 0 Å². The Morgan fingerprint density at radius 1 is 1.23 bits per heavy atom. The molecular weight excluding hydrogens is 316 g/mol. The molecule has 3 rings (SSSR count). The zero-order valence-corrected chi connectivity index (χ0v) is 13.4. The first kappa shape index (κ1) is 14.8. The van der Waals surface area contributed by atoms with E-state index in [2.05, 4.69) is 5.10 Å². The summed E-state index contributed by atoms with van der Waals surface area (Å²) in [5, 5.41) is 6.83. The van der Waals surface area contributed by atoms with Crippen molar-refractivity contribution in [1.82, 2.24) is 9.78 Å². The van der Waals surface area contributed by atoms with Crippen molar-refractivity contribution >= 4 is 34.8 Å². The van der Waals surface area contributed by atoms with Crippen LogP contribution < -0.4 is 0 Å².